The van der Waals surface area contributed by atoms with Crippen LogP contribution in [0.2, 0.25) is 5.02 Å². The fraction of sp³-hybridized carbons (Fsp3) is 0.136. The maximum Gasteiger partial charge on any atom is 0.416 e. The van der Waals surface area contributed by atoms with E-state index in [2.05, 4.69) is 21.2 Å². The summed E-state index contributed by atoms with van der Waals surface area (Å²) in [5.74, 6) is -2.10. The molecule has 3 aromatic rings. The number of rotatable bonds is 6. The Morgan fingerprint density at radius 3 is 2.24 bits per heavy atom. The molecule has 0 bridgehead atoms. The lowest BCUT2D eigenvalue weighted by molar-refractivity contribution is -0.141. The van der Waals surface area contributed by atoms with Crippen molar-refractivity contribution >= 4 is 45.1 Å². The highest BCUT2D eigenvalue weighted by molar-refractivity contribution is 9.10. The van der Waals surface area contributed by atoms with Crippen LogP contribution in [0.5, 0.6) is 0 Å². The average Bonchev–Trinajstić information content (AvgIpc) is 2.75. The maximum atomic E-state index is 13.0. The number of anilines is 1. The van der Waals surface area contributed by atoms with Crippen molar-refractivity contribution in [2.75, 3.05) is 5.32 Å². The summed E-state index contributed by atoms with van der Waals surface area (Å²) in [5.41, 5.74) is -1.44. The van der Waals surface area contributed by atoms with E-state index in [1.807, 2.05) is 0 Å². The lowest BCUT2D eigenvalue weighted by atomic mass is 10.1. The van der Waals surface area contributed by atoms with Crippen molar-refractivity contribution in [1.29, 1.82) is 0 Å². The van der Waals surface area contributed by atoms with Crippen LogP contribution in [0, 0.1) is 0 Å². The van der Waals surface area contributed by atoms with Gasteiger partial charge in [0.1, 0.15) is 11.7 Å². The monoisotopic (exact) mass is 542 g/mol. The van der Waals surface area contributed by atoms with E-state index < -0.39 is 35.2 Å². The number of carboxylic acids is 1. The lowest BCUT2D eigenvalue weighted by Gasteiger charge is -2.18. The number of pyridine rings is 1. The van der Waals surface area contributed by atoms with Crippen LogP contribution < -0.4 is 10.9 Å². The average molecular weight is 544 g/mol. The van der Waals surface area contributed by atoms with Crippen LogP contribution in [0.15, 0.2) is 70.1 Å². The van der Waals surface area contributed by atoms with E-state index >= 15 is 0 Å². The smallest absolute Gasteiger partial charge is 0.416 e. The van der Waals surface area contributed by atoms with E-state index in [9.17, 15) is 32.7 Å². The Morgan fingerprint density at radius 2 is 1.70 bits per heavy atom. The molecule has 0 aliphatic heterocycles. The Hall–Kier alpha value is -3.11. The van der Waals surface area contributed by atoms with Crippen molar-refractivity contribution in [2.45, 2.75) is 18.6 Å². The van der Waals surface area contributed by atoms with Crippen LogP contribution in [0.4, 0.5) is 18.9 Å². The SMILES string of the molecule is O=C(Nc1cc(Br)cn(C(Cc2ccc(Cl)cc2)C(=O)O)c1=O)c1ccc(C(F)(F)F)cc1. The summed E-state index contributed by atoms with van der Waals surface area (Å²) in [6.07, 6.45) is -3.30. The molecular formula is C22H15BrClF3N2O4. The molecular weight excluding hydrogens is 529 g/mol. The molecule has 0 fully saturated rings. The standard InChI is InChI=1S/C22H15BrClF3N2O4/c23-15-10-17(28-19(30)13-3-5-14(6-4-13)22(25,26)27)20(31)29(11-15)18(21(32)33)9-12-1-7-16(24)8-2-12/h1-8,10-11,18H,9H2,(H,28,30)(H,32,33). The summed E-state index contributed by atoms with van der Waals surface area (Å²) in [7, 11) is 0. The number of halogens is 5. The molecule has 33 heavy (non-hydrogen) atoms. The predicted molar refractivity (Wildman–Crippen MR) is 120 cm³/mol. The van der Waals surface area contributed by atoms with E-state index in [0.29, 0.717) is 15.1 Å². The largest absolute Gasteiger partial charge is 0.480 e. The minimum atomic E-state index is -4.55. The molecule has 0 aliphatic rings. The van der Waals surface area contributed by atoms with Crippen molar-refractivity contribution in [1.82, 2.24) is 4.57 Å². The van der Waals surface area contributed by atoms with Gasteiger partial charge >= 0.3 is 12.1 Å². The van der Waals surface area contributed by atoms with Crippen LogP contribution in [0.3, 0.4) is 0 Å². The van der Waals surface area contributed by atoms with Gasteiger partial charge in [0.25, 0.3) is 11.5 Å². The van der Waals surface area contributed by atoms with E-state index in [4.69, 9.17) is 11.6 Å². The quantitative estimate of drug-likeness (QED) is 0.436. The number of nitrogens with one attached hydrogen (secondary N) is 1. The topological polar surface area (TPSA) is 88.4 Å². The van der Waals surface area contributed by atoms with Crippen LogP contribution in [0.1, 0.15) is 27.5 Å². The van der Waals surface area contributed by atoms with Gasteiger partial charge in [-0.2, -0.15) is 13.2 Å². The number of aromatic nitrogens is 1. The highest BCUT2D eigenvalue weighted by Crippen LogP contribution is 2.29. The molecule has 1 heterocycles. The first-order valence-corrected chi connectivity index (χ1v) is 10.5. The Balaban J connectivity index is 1.90. The van der Waals surface area contributed by atoms with Gasteiger partial charge in [-0.3, -0.25) is 14.2 Å². The fourth-order valence-corrected chi connectivity index (χ4v) is 3.62. The number of carboxylic acid groups (broad SMARTS) is 1. The molecule has 2 aromatic carbocycles. The number of benzene rings is 2. The van der Waals surface area contributed by atoms with Gasteiger partial charge in [-0.15, -0.1) is 0 Å². The Kier molecular flexibility index (Phi) is 7.28. The second-order valence-corrected chi connectivity index (χ2v) is 8.35. The first kappa shape index (κ1) is 24.5. The van der Waals surface area contributed by atoms with Gasteiger partial charge in [-0.1, -0.05) is 23.7 Å². The predicted octanol–water partition coefficient (Wildman–Crippen LogP) is 5.40. The minimum Gasteiger partial charge on any atom is -0.480 e. The number of nitrogens with zero attached hydrogens (tertiary/aromatic N) is 1. The molecule has 11 heteroatoms. The summed E-state index contributed by atoms with van der Waals surface area (Å²) in [5, 5.41) is 12.5. The fourth-order valence-electron chi connectivity index (χ4n) is 3.04. The van der Waals surface area contributed by atoms with Crippen molar-refractivity contribution in [3.63, 3.8) is 0 Å². The second kappa shape index (κ2) is 9.80. The summed E-state index contributed by atoms with van der Waals surface area (Å²) in [6.45, 7) is 0. The van der Waals surface area contributed by atoms with Crippen molar-refractivity contribution in [2.24, 2.45) is 0 Å². The van der Waals surface area contributed by atoms with Crippen LogP contribution in [-0.2, 0) is 17.4 Å². The van der Waals surface area contributed by atoms with E-state index in [1.165, 1.54) is 12.3 Å². The van der Waals surface area contributed by atoms with E-state index in [0.717, 1.165) is 28.8 Å². The van der Waals surface area contributed by atoms with Gasteiger partial charge in [-0.25, -0.2) is 4.79 Å². The van der Waals surface area contributed by atoms with Crippen molar-refractivity contribution in [3.05, 3.63) is 97.3 Å². The zero-order valence-corrected chi connectivity index (χ0v) is 18.9. The Labute approximate surface area is 198 Å². The molecule has 0 radical (unpaired) electrons. The normalized spacial score (nSPS) is 12.3. The second-order valence-electron chi connectivity index (χ2n) is 7.00. The summed E-state index contributed by atoms with van der Waals surface area (Å²) in [6, 6.07) is 9.90. The van der Waals surface area contributed by atoms with Gasteiger partial charge in [0, 0.05) is 27.7 Å². The highest BCUT2D eigenvalue weighted by atomic mass is 79.9. The number of hydrogen-bond acceptors (Lipinski definition) is 3. The number of alkyl halides is 3. The number of amides is 1. The van der Waals surface area contributed by atoms with Gasteiger partial charge in [-0.05, 0) is 64.0 Å². The Morgan fingerprint density at radius 1 is 1.09 bits per heavy atom. The minimum absolute atomic E-state index is 0.0326. The number of hydrogen-bond donors (Lipinski definition) is 2. The zero-order chi connectivity index (χ0) is 24.3. The number of carbonyl (C=O) groups excluding carboxylic acids is 1. The summed E-state index contributed by atoms with van der Waals surface area (Å²) in [4.78, 5) is 37.4. The zero-order valence-electron chi connectivity index (χ0n) is 16.6. The van der Waals surface area contributed by atoms with E-state index in [-0.39, 0.29) is 17.7 Å². The molecule has 0 saturated heterocycles. The molecule has 0 saturated carbocycles. The first-order chi connectivity index (χ1) is 15.5. The molecule has 0 spiro atoms. The first-order valence-electron chi connectivity index (χ1n) is 9.33. The molecule has 1 amide bonds. The Bertz CT molecular complexity index is 1240. The molecule has 0 aliphatic carbocycles. The number of aliphatic carboxylic acids is 1. The summed E-state index contributed by atoms with van der Waals surface area (Å²) >= 11 is 9.04. The van der Waals surface area contributed by atoms with Crippen molar-refractivity contribution in [3.8, 4) is 0 Å². The van der Waals surface area contributed by atoms with Gasteiger partial charge in [0.2, 0.25) is 0 Å². The number of carbonyl (C=O) groups is 2. The lowest BCUT2D eigenvalue weighted by Crippen LogP contribution is -2.33. The molecule has 2 N–H and O–H groups in total. The summed E-state index contributed by atoms with van der Waals surface area (Å²) < 4.78 is 39.4. The van der Waals surface area contributed by atoms with Crippen molar-refractivity contribution < 1.29 is 27.9 Å². The molecule has 1 atom stereocenters. The molecule has 3 rings (SSSR count). The molecule has 172 valence electrons. The van der Waals surface area contributed by atoms with Gasteiger partial charge < -0.3 is 10.4 Å². The van der Waals surface area contributed by atoms with E-state index in [1.54, 1.807) is 24.3 Å². The molecule has 1 aromatic heterocycles. The molecule has 1 unspecified atom stereocenters. The van der Waals surface area contributed by atoms with Crippen LogP contribution in [-0.4, -0.2) is 21.6 Å². The highest BCUT2D eigenvalue weighted by Gasteiger charge is 2.30. The van der Waals surface area contributed by atoms with Gasteiger partial charge in [0.05, 0.1) is 5.56 Å². The third-order valence-electron chi connectivity index (χ3n) is 4.70. The third-order valence-corrected chi connectivity index (χ3v) is 5.38. The van der Waals surface area contributed by atoms with Crippen LogP contribution in [0.25, 0.3) is 0 Å². The third kappa shape index (κ3) is 6.02. The van der Waals surface area contributed by atoms with Crippen LogP contribution >= 0.6 is 27.5 Å². The molecule has 6 nitrogen and oxygen atoms in total. The van der Waals surface area contributed by atoms with Gasteiger partial charge in [0.15, 0.2) is 0 Å². The maximum absolute atomic E-state index is 13.0.